The monoisotopic (exact) mass is 331 g/mol. The van der Waals surface area contributed by atoms with Gasteiger partial charge in [-0.05, 0) is 43.2 Å². The summed E-state index contributed by atoms with van der Waals surface area (Å²) in [5.41, 5.74) is 3.00. The van der Waals surface area contributed by atoms with Crippen LogP contribution in [0.15, 0.2) is 36.5 Å². The molecule has 2 amide bonds. The fourth-order valence-electron chi connectivity index (χ4n) is 3.20. The van der Waals surface area contributed by atoms with E-state index in [0.717, 1.165) is 37.2 Å². The van der Waals surface area contributed by atoms with Gasteiger partial charge in [-0.25, -0.2) is 4.79 Å². The van der Waals surface area contributed by atoms with Crippen molar-refractivity contribution in [2.45, 2.75) is 39.3 Å². The molecule has 2 heterocycles. The number of rotatable bonds is 3. The summed E-state index contributed by atoms with van der Waals surface area (Å²) < 4.78 is 2.24. The van der Waals surface area contributed by atoms with Crippen molar-refractivity contribution in [3.63, 3.8) is 0 Å². The van der Waals surface area contributed by atoms with Crippen LogP contribution in [0, 0.1) is 6.92 Å². The molecule has 1 N–H and O–H groups in total. The van der Waals surface area contributed by atoms with E-state index in [1.165, 1.54) is 5.69 Å². The van der Waals surface area contributed by atoms with Crippen molar-refractivity contribution >= 4 is 23.3 Å². The third kappa shape index (κ3) is 3.22. The van der Waals surface area contributed by atoms with E-state index in [9.17, 15) is 4.79 Å². The largest absolute Gasteiger partial charge is 0.348 e. The minimum Gasteiger partial charge on any atom is -0.348 e. The van der Waals surface area contributed by atoms with Crippen LogP contribution in [0.5, 0.6) is 0 Å². The number of fused-ring (bicyclic) bond motifs is 1. The SMILES string of the molecule is CCC[C@@H]1c2cccn2CCN1C(=O)Nc1cc(Cl)ccc1C. The van der Waals surface area contributed by atoms with E-state index in [0.29, 0.717) is 5.02 Å². The quantitative estimate of drug-likeness (QED) is 0.858. The molecule has 1 aromatic carbocycles. The summed E-state index contributed by atoms with van der Waals surface area (Å²) in [6.45, 7) is 5.68. The number of anilines is 1. The second-order valence-corrected chi connectivity index (χ2v) is 6.45. The van der Waals surface area contributed by atoms with Gasteiger partial charge in [0, 0.05) is 35.7 Å². The first kappa shape index (κ1) is 15.9. The van der Waals surface area contributed by atoms with Crippen molar-refractivity contribution in [3.05, 3.63) is 52.8 Å². The smallest absolute Gasteiger partial charge is 0.322 e. The van der Waals surface area contributed by atoms with Gasteiger partial charge in [0.2, 0.25) is 0 Å². The standard InChI is InChI=1S/C18H22ClN3O/c1-3-5-17-16-6-4-9-21(16)10-11-22(17)18(23)20-15-12-14(19)8-7-13(15)2/h4,6-9,12,17H,3,5,10-11H2,1-2H3,(H,20,23)/t17-/m1/s1. The van der Waals surface area contributed by atoms with E-state index in [1.807, 2.05) is 24.0 Å². The lowest BCUT2D eigenvalue weighted by Crippen LogP contribution is -2.44. The van der Waals surface area contributed by atoms with Crippen molar-refractivity contribution in [1.29, 1.82) is 0 Å². The minimum atomic E-state index is -0.0544. The van der Waals surface area contributed by atoms with Crippen LogP contribution in [0.1, 0.15) is 37.1 Å². The first-order chi connectivity index (χ1) is 11.1. The van der Waals surface area contributed by atoms with Gasteiger partial charge in [0.25, 0.3) is 0 Å². The Morgan fingerprint density at radius 2 is 2.17 bits per heavy atom. The molecule has 0 spiro atoms. The third-order valence-electron chi connectivity index (χ3n) is 4.43. The average Bonchev–Trinajstić information content (AvgIpc) is 3.00. The van der Waals surface area contributed by atoms with Crippen LogP contribution < -0.4 is 5.32 Å². The highest BCUT2D eigenvalue weighted by Gasteiger charge is 2.30. The molecule has 5 heteroatoms. The topological polar surface area (TPSA) is 37.3 Å². The van der Waals surface area contributed by atoms with Crippen molar-refractivity contribution in [1.82, 2.24) is 9.47 Å². The Balaban J connectivity index is 1.82. The van der Waals surface area contributed by atoms with Gasteiger partial charge in [0.05, 0.1) is 6.04 Å². The highest BCUT2D eigenvalue weighted by Crippen LogP contribution is 2.31. The normalized spacial score (nSPS) is 17.0. The lowest BCUT2D eigenvalue weighted by molar-refractivity contribution is 0.163. The average molecular weight is 332 g/mol. The molecular weight excluding hydrogens is 310 g/mol. The zero-order valence-electron chi connectivity index (χ0n) is 13.6. The highest BCUT2D eigenvalue weighted by molar-refractivity contribution is 6.31. The zero-order chi connectivity index (χ0) is 16.4. The van der Waals surface area contributed by atoms with E-state index in [-0.39, 0.29) is 12.1 Å². The first-order valence-corrected chi connectivity index (χ1v) is 8.46. The number of hydrogen-bond donors (Lipinski definition) is 1. The molecule has 2 aromatic rings. The number of nitrogens with zero attached hydrogens (tertiary/aromatic N) is 2. The van der Waals surface area contributed by atoms with Crippen LogP contribution >= 0.6 is 11.6 Å². The molecule has 0 radical (unpaired) electrons. The molecule has 4 nitrogen and oxygen atoms in total. The third-order valence-corrected chi connectivity index (χ3v) is 4.66. The number of aryl methyl sites for hydroxylation is 1. The van der Waals surface area contributed by atoms with Crippen molar-refractivity contribution in [3.8, 4) is 0 Å². The zero-order valence-corrected chi connectivity index (χ0v) is 14.3. The Kier molecular flexibility index (Phi) is 4.62. The number of amides is 2. The predicted octanol–water partition coefficient (Wildman–Crippen LogP) is 4.84. The van der Waals surface area contributed by atoms with Crippen LogP contribution in [0.2, 0.25) is 5.02 Å². The van der Waals surface area contributed by atoms with E-state index in [1.54, 1.807) is 6.07 Å². The Hall–Kier alpha value is -1.94. The fourth-order valence-corrected chi connectivity index (χ4v) is 3.37. The molecule has 122 valence electrons. The summed E-state index contributed by atoms with van der Waals surface area (Å²) in [4.78, 5) is 14.8. The Morgan fingerprint density at radius 3 is 2.96 bits per heavy atom. The van der Waals surface area contributed by atoms with Crippen LogP contribution in [0.3, 0.4) is 0 Å². The molecule has 1 atom stereocenters. The lowest BCUT2D eigenvalue weighted by atomic mass is 10.0. The van der Waals surface area contributed by atoms with Gasteiger partial charge in [-0.2, -0.15) is 0 Å². The Labute approximate surface area is 142 Å². The first-order valence-electron chi connectivity index (χ1n) is 8.09. The number of aromatic nitrogens is 1. The van der Waals surface area contributed by atoms with Crippen molar-refractivity contribution in [2.24, 2.45) is 0 Å². The number of hydrogen-bond acceptors (Lipinski definition) is 1. The van der Waals surface area contributed by atoms with Crippen LogP contribution in [-0.4, -0.2) is 22.0 Å². The van der Waals surface area contributed by atoms with Gasteiger partial charge in [0.15, 0.2) is 0 Å². The maximum atomic E-state index is 12.8. The van der Waals surface area contributed by atoms with Gasteiger partial charge >= 0.3 is 6.03 Å². The molecule has 0 saturated heterocycles. The van der Waals surface area contributed by atoms with E-state index in [2.05, 4.69) is 35.1 Å². The van der Waals surface area contributed by atoms with Crippen LogP contribution in [-0.2, 0) is 6.54 Å². The van der Waals surface area contributed by atoms with Gasteiger partial charge in [-0.3, -0.25) is 0 Å². The van der Waals surface area contributed by atoms with Gasteiger partial charge < -0.3 is 14.8 Å². The molecule has 0 bridgehead atoms. The number of halogens is 1. The molecule has 1 aromatic heterocycles. The van der Waals surface area contributed by atoms with Crippen molar-refractivity contribution in [2.75, 3.05) is 11.9 Å². The molecule has 1 aliphatic rings. The van der Waals surface area contributed by atoms with Gasteiger partial charge in [-0.1, -0.05) is 31.0 Å². The maximum absolute atomic E-state index is 12.8. The second-order valence-electron chi connectivity index (χ2n) is 6.01. The minimum absolute atomic E-state index is 0.0544. The molecule has 0 unspecified atom stereocenters. The summed E-state index contributed by atoms with van der Waals surface area (Å²) in [6.07, 6.45) is 4.09. The number of carbonyl (C=O) groups is 1. The van der Waals surface area contributed by atoms with Gasteiger partial charge in [0.1, 0.15) is 0 Å². The van der Waals surface area contributed by atoms with E-state index < -0.39 is 0 Å². The van der Waals surface area contributed by atoms with E-state index >= 15 is 0 Å². The van der Waals surface area contributed by atoms with Crippen molar-refractivity contribution < 1.29 is 4.79 Å². The summed E-state index contributed by atoms with van der Waals surface area (Å²) in [6, 6.07) is 9.80. The molecule has 0 aliphatic carbocycles. The molecule has 0 fully saturated rings. The summed E-state index contributed by atoms with van der Waals surface area (Å²) in [7, 11) is 0. The summed E-state index contributed by atoms with van der Waals surface area (Å²) in [5, 5.41) is 3.65. The number of nitrogens with one attached hydrogen (secondary N) is 1. The Morgan fingerprint density at radius 1 is 1.35 bits per heavy atom. The van der Waals surface area contributed by atoms with Crippen LogP contribution in [0.4, 0.5) is 10.5 Å². The number of benzene rings is 1. The van der Waals surface area contributed by atoms with Crippen LogP contribution in [0.25, 0.3) is 0 Å². The second kappa shape index (κ2) is 6.67. The number of urea groups is 1. The fraction of sp³-hybridized carbons (Fsp3) is 0.389. The molecule has 23 heavy (non-hydrogen) atoms. The highest BCUT2D eigenvalue weighted by atomic mass is 35.5. The maximum Gasteiger partial charge on any atom is 0.322 e. The summed E-state index contributed by atoms with van der Waals surface area (Å²) >= 11 is 6.05. The molecule has 3 rings (SSSR count). The Bertz CT molecular complexity index is 710. The van der Waals surface area contributed by atoms with Gasteiger partial charge in [-0.15, -0.1) is 0 Å². The van der Waals surface area contributed by atoms with E-state index in [4.69, 9.17) is 11.6 Å². The molecule has 1 aliphatic heterocycles. The lowest BCUT2D eigenvalue weighted by Gasteiger charge is -2.37. The molecule has 0 saturated carbocycles. The molecular formula is C18H22ClN3O. The predicted molar refractivity (Wildman–Crippen MR) is 94.0 cm³/mol. The number of carbonyl (C=O) groups excluding carboxylic acids is 1. The summed E-state index contributed by atoms with van der Waals surface area (Å²) in [5.74, 6) is 0.